The van der Waals surface area contributed by atoms with Crippen molar-refractivity contribution in [1.29, 1.82) is 0 Å². The predicted octanol–water partition coefficient (Wildman–Crippen LogP) is 10.8. The number of hydrogen-bond donors (Lipinski definition) is 1. The molecule has 6 aromatic rings. The summed E-state index contributed by atoms with van der Waals surface area (Å²) in [6.07, 6.45) is 4.21. The number of phenolic OH excluding ortho intramolecular Hbond substituents is 1. The van der Waals surface area contributed by atoms with Crippen LogP contribution in [0, 0.1) is 5.92 Å². The average molecular weight is 662 g/mol. The molecule has 0 radical (unpaired) electrons. The van der Waals surface area contributed by atoms with Crippen LogP contribution in [0.2, 0.25) is 0 Å². The largest absolute Gasteiger partial charge is 0.507 e. The number of carbonyl (C=O) groups excluding carboxylic acids is 1. The van der Waals surface area contributed by atoms with Gasteiger partial charge >= 0.3 is 5.97 Å². The second kappa shape index (κ2) is 16.2. The second-order valence-corrected chi connectivity index (χ2v) is 13.1. The molecule has 0 aliphatic carbocycles. The van der Waals surface area contributed by atoms with Crippen molar-refractivity contribution in [2.24, 2.45) is 5.92 Å². The van der Waals surface area contributed by atoms with Crippen LogP contribution in [0.25, 0.3) is 56.4 Å². The van der Waals surface area contributed by atoms with E-state index in [1.807, 2.05) is 66.7 Å². The summed E-state index contributed by atoms with van der Waals surface area (Å²) in [5.74, 6) is 1.16. The third-order valence-corrected chi connectivity index (χ3v) is 8.92. The molecule has 1 heterocycles. The fourth-order valence-electron chi connectivity index (χ4n) is 5.91. The number of aromatic nitrogens is 3. The SMILES string of the molecule is CC(C)CCCCCOC(=O)C(C)c1ccc(-c2nc(-c3ccc(-c4ccccc4)cc3)nc(-c3ccc(-c4ccccc4)cc3)n2)c(O)c1. The molecule has 0 aliphatic heterocycles. The standard InChI is InChI=1S/C44H43N3O3/c1-30(2)13-7-6-12-28-50-44(49)31(3)38-26-27-39(40(48)29-38)43-46-41(36-22-18-34(19-23-36)32-14-8-4-9-15-32)45-42(47-43)37-24-20-35(21-25-37)33-16-10-5-11-17-33/h4-5,8-11,14-27,29-31,48H,6-7,12-13,28H2,1-3H3. The van der Waals surface area contributed by atoms with E-state index in [-0.39, 0.29) is 11.7 Å². The number of carbonyl (C=O) groups is 1. The van der Waals surface area contributed by atoms with E-state index in [4.69, 9.17) is 19.7 Å². The van der Waals surface area contributed by atoms with Crippen molar-refractivity contribution in [2.75, 3.05) is 6.61 Å². The van der Waals surface area contributed by atoms with E-state index in [1.165, 1.54) is 6.42 Å². The van der Waals surface area contributed by atoms with Gasteiger partial charge in [0.2, 0.25) is 0 Å². The van der Waals surface area contributed by atoms with Gasteiger partial charge in [-0.05, 0) is 59.2 Å². The molecule has 1 unspecified atom stereocenters. The van der Waals surface area contributed by atoms with Gasteiger partial charge < -0.3 is 9.84 Å². The number of esters is 1. The molecule has 0 bridgehead atoms. The lowest BCUT2D eigenvalue weighted by Gasteiger charge is -2.14. The molecule has 50 heavy (non-hydrogen) atoms. The van der Waals surface area contributed by atoms with Crippen molar-refractivity contribution in [2.45, 2.75) is 52.4 Å². The quantitative estimate of drug-likeness (QED) is 0.0979. The summed E-state index contributed by atoms with van der Waals surface area (Å²) in [6, 6.07) is 41.9. The predicted molar refractivity (Wildman–Crippen MR) is 201 cm³/mol. The van der Waals surface area contributed by atoms with Crippen LogP contribution >= 0.6 is 0 Å². The van der Waals surface area contributed by atoms with Crippen molar-refractivity contribution in [3.63, 3.8) is 0 Å². The van der Waals surface area contributed by atoms with Crippen LogP contribution in [0.1, 0.15) is 57.9 Å². The molecule has 252 valence electrons. The number of hydrogen-bond acceptors (Lipinski definition) is 6. The molecule has 0 saturated heterocycles. The summed E-state index contributed by atoms with van der Waals surface area (Å²) in [5.41, 5.74) is 7.20. The van der Waals surface area contributed by atoms with Crippen LogP contribution in [0.4, 0.5) is 0 Å². The van der Waals surface area contributed by atoms with Gasteiger partial charge in [0.05, 0.1) is 18.1 Å². The van der Waals surface area contributed by atoms with E-state index < -0.39 is 5.92 Å². The molecule has 0 spiro atoms. The Hall–Kier alpha value is -5.62. The number of aromatic hydroxyl groups is 1. The maximum absolute atomic E-state index is 12.8. The van der Waals surface area contributed by atoms with E-state index >= 15 is 0 Å². The summed E-state index contributed by atoms with van der Waals surface area (Å²) in [4.78, 5) is 27.4. The lowest BCUT2D eigenvalue weighted by atomic mass is 9.99. The fourth-order valence-corrected chi connectivity index (χ4v) is 5.91. The van der Waals surface area contributed by atoms with Crippen LogP contribution in [-0.4, -0.2) is 32.6 Å². The molecule has 1 N–H and O–H groups in total. The van der Waals surface area contributed by atoms with Gasteiger partial charge in [0, 0.05) is 11.1 Å². The molecular weight excluding hydrogens is 619 g/mol. The first kappa shape index (κ1) is 34.3. The Morgan fingerprint density at radius 3 is 1.56 bits per heavy atom. The van der Waals surface area contributed by atoms with Crippen LogP contribution < -0.4 is 0 Å². The summed E-state index contributed by atoms with van der Waals surface area (Å²) in [7, 11) is 0. The average Bonchev–Trinajstić information content (AvgIpc) is 3.16. The van der Waals surface area contributed by atoms with Crippen molar-refractivity contribution in [3.8, 4) is 62.2 Å². The highest BCUT2D eigenvalue weighted by molar-refractivity contribution is 5.79. The van der Waals surface area contributed by atoms with Crippen molar-refractivity contribution < 1.29 is 14.6 Å². The zero-order valence-electron chi connectivity index (χ0n) is 28.9. The Labute approximate surface area is 294 Å². The second-order valence-electron chi connectivity index (χ2n) is 13.1. The third kappa shape index (κ3) is 8.50. The number of benzene rings is 5. The maximum atomic E-state index is 12.8. The smallest absolute Gasteiger partial charge is 0.313 e. The lowest BCUT2D eigenvalue weighted by Crippen LogP contribution is -2.14. The highest BCUT2D eigenvalue weighted by Crippen LogP contribution is 2.34. The normalized spacial score (nSPS) is 11.8. The van der Waals surface area contributed by atoms with Crippen LogP contribution in [-0.2, 0) is 9.53 Å². The van der Waals surface area contributed by atoms with Crippen molar-refractivity contribution in [1.82, 2.24) is 15.0 Å². The zero-order valence-corrected chi connectivity index (χ0v) is 28.9. The number of rotatable bonds is 13. The van der Waals surface area contributed by atoms with Crippen LogP contribution in [0.3, 0.4) is 0 Å². The molecule has 0 amide bonds. The van der Waals surface area contributed by atoms with Gasteiger partial charge in [0.25, 0.3) is 0 Å². The van der Waals surface area contributed by atoms with Gasteiger partial charge in [0.1, 0.15) is 5.75 Å². The van der Waals surface area contributed by atoms with Gasteiger partial charge in [-0.15, -0.1) is 0 Å². The van der Waals surface area contributed by atoms with Gasteiger partial charge in [0.15, 0.2) is 17.5 Å². The van der Waals surface area contributed by atoms with E-state index in [0.717, 1.165) is 52.6 Å². The summed E-state index contributed by atoms with van der Waals surface area (Å²) in [5, 5.41) is 11.3. The van der Waals surface area contributed by atoms with E-state index in [2.05, 4.69) is 62.4 Å². The minimum Gasteiger partial charge on any atom is -0.507 e. The van der Waals surface area contributed by atoms with E-state index in [9.17, 15) is 9.90 Å². The molecular formula is C44H43N3O3. The first-order valence-electron chi connectivity index (χ1n) is 17.4. The minimum atomic E-state index is -0.527. The Morgan fingerprint density at radius 1 is 0.580 bits per heavy atom. The van der Waals surface area contributed by atoms with Crippen LogP contribution in [0.15, 0.2) is 127 Å². The lowest BCUT2D eigenvalue weighted by molar-refractivity contribution is -0.145. The van der Waals surface area contributed by atoms with Gasteiger partial charge in [-0.2, -0.15) is 0 Å². The number of ether oxygens (including phenoxy) is 1. The first-order valence-corrected chi connectivity index (χ1v) is 17.4. The van der Waals surface area contributed by atoms with E-state index in [0.29, 0.717) is 41.1 Å². The van der Waals surface area contributed by atoms with Gasteiger partial charge in [-0.3, -0.25) is 4.79 Å². The molecule has 6 heteroatoms. The molecule has 0 saturated carbocycles. The molecule has 1 aromatic heterocycles. The fraction of sp³-hybridized carbons (Fsp3) is 0.227. The number of nitrogens with zero attached hydrogens (tertiary/aromatic N) is 3. The summed E-state index contributed by atoms with van der Waals surface area (Å²) >= 11 is 0. The molecule has 6 rings (SSSR count). The highest BCUT2D eigenvalue weighted by atomic mass is 16.5. The zero-order chi connectivity index (χ0) is 34.9. The van der Waals surface area contributed by atoms with Crippen molar-refractivity contribution >= 4 is 5.97 Å². The van der Waals surface area contributed by atoms with Crippen molar-refractivity contribution in [3.05, 3.63) is 133 Å². The Morgan fingerprint density at radius 2 is 1.06 bits per heavy atom. The van der Waals surface area contributed by atoms with E-state index in [1.54, 1.807) is 19.1 Å². The number of phenols is 1. The topological polar surface area (TPSA) is 85.2 Å². The summed E-state index contributed by atoms with van der Waals surface area (Å²) in [6.45, 7) is 6.64. The Balaban J connectivity index is 1.28. The highest BCUT2D eigenvalue weighted by Gasteiger charge is 2.20. The molecule has 0 aliphatic rings. The van der Waals surface area contributed by atoms with Gasteiger partial charge in [-0.25, -0.2) is 15.0 Å². The van der Waals surface area contributed by atoms with Gasteiger partial charge in [-0.1, -0.05) is 148 Å². The third-order valence-electron chi connectivity index (χ3n) is 8.92. The monoisotopic (exact) mass is 661 g/mol. The molecule has 5 aromatic carbocycles. The van der Waals surface area contributed by atoms with Crippen LogP contribution in [0.5, 0.6) is 5.75 Å². The number of unbranched alkanes of at least 4 members (excludes halogenated alkanes) is 2. The first-order chi connectivity index (χ1) is 24.4. The molecule has 0 fully saturated rings. The molecule has 6 nitrogen and oxygen atoms in total. The minimum absolute atomic E-state index is 0.0159. The Bertz CT molecular complexity index is 1910. The molecule has 1 atom stereocenters. The Kier molecular flexibility index (Phi) is 11.1. The summed E-state index contributed by atoms with van der Waals surface area (Å²) < 4.78 is 5.57. The maximum Gasteiger partial charge on any atom is 0.313 e.